The van der Waals surface area contributed by atoms with E-state index in [0.29, 0.717) is 24.0 Å². The number of benzene rings is 1. The minimum Gasteiger partial charge on any atom is -0.462 e. The molecule has 0 N–H and O–H groups in total. The molecule has 2 nitrogen and oxygen atoms in total. The molecule has 1 aliphatic rings. The third kappa shape index (κ3) is 3.06. The molecule has 1 aromatic carbocycles. The fraction of sp³-hybridized carbons (Fsp3) is 0.471. The maximum absolute atomic E-state index is 11.9. The second-order valence-electron chi connectivity index (χ2n) is 6.16. The molecule has 1 fully saturated rings. The van der Waals surface area contributed by atoms with Crippen LogP contribution in [0.3, 0.4) is 0 Å². The Morgan fingerprint density at radius 1 is 1.26 bits per heavy atom. The molecule has 0 aromatic heterocycles. The second kappa shape index (κ2) is 5.20. The van der Waals surface area contributed by atoms with Gasteiger partial charge in [-0.1, -0.05) is 43.7 Å². The van der Waals surface area contributed by atoms with Crippen LogP contribution < -0.4 is 0 Å². The summed E-state index contributed by atoms with van der Waals surface area (Å²) >= 11 is 0. The first-order valence-electron chi connectivity index (χ1n) is 6.80. The number of rotatable bonds is 4. The molecule has 0 saturated heterocycles. The van der Waals surface area contributed by atoms with Gasteiger partial charge in [-0.05, 0) is 37.3 Å². The highest BCUT2D eigenvalue weighted by molar-refractivity contribution is 5.89. The van der Waals surface area contributed by atoms with Crippen LogP contribution in [-0.4, -0.2) is 12.6 Å². The van der Waals surface area contributed by atoms with E-state index in [4.69, 9.17) is 4.74 Å². The first-order valence-corrected chi connectivity index (χ1v) is 6.80. The molecule has 0 heterocycles. The van der Waals surface area contributed by atoms with Crippen molar-refractivity contribution in [2.24, 2.45) is 17.3 Å². The summed E-state index contributed by atoms with van der Waals surface area (Å²) in [6, 6.07) is 9.17. The fourth-order valence-electron chi connectivity index (χ4n) is 2.62. The maximum atomic E-state index is 11.9. The van der Waals surface area contributed by atoms with E-state index in [1.54, 1.807) is 12.1 Å². The van der Waals surface area contributed by atoms with E-state index < -0.39 is 0 Å². The molecule has 0 bridgehead atoms. The molecule has 102 valence electrons. The topological polar surface area (TPSA) is 26.3 Å². The molecule has 0 radical (unpaired) electrons. The van der Waals surface area contributed by atoms with Gasteiger partial charge in [-0.15, -0.1) is 0 Å². The summed E-state index contributed by atoms with van der Waals surface area (Å²) in [4.78, 5) is 11.9. The summed E-state index contributed by atoms with van der Waals surface area (Å²) in [5.41, 5.74) is 2.20. The van der Waals surface area contributed by atoms with Gasteiger partial charge in [-0.2, -0.15) is 0 Å². The van der Waals surface area contributed by atoms with Gasteiger partial charge in [0.1, 0.15) is 0 Å². The van der Waals surface area contributed by atoms with Crippen LogP contribution in [0.1, 0.15) is 38.1 Å². The van der Waals surface area contributed by atoms with E-state index in [0.717, 1.165) is 0 Å². The van der Waals surface area contributed by atoms with Crippen LogP contribution in [0.25, 0.3) is 0 Å². The number of esters is 1. The van der Waals surface area contributed by atoms with Gasteiger partial charge in [0.15, 0.2) is 0 Å². The molecule has 1 aromatic rings. The molecule has 1 saturated carbocycles. The molecule has 0 amide bonds. The molecule has 0 unspecified atom stereocenters. The fourth-order valence-corrected chi connectivity index (χ4v) is 2.62. The lowest BCUT2D eigenvalue weighted by molar-refractivity contribution is 0.0471. The molecule has 2 rings (SSSR count). The van der Waals surface area contributed by atoms with Gasteiger partial charge in [0.2, 0.25) is 0 Å². The number of carbonyl (C=O) groups is 1. The van der Waals surface area contributed by atoms with Crippen LogP contribution in [-0.2, 0) is 4.74 Å². The van der Waals surface area contributed by atoms with Gasteiger partial charge in [-0.3, -0.25) is 0 Å². The Labute approximate surface area is 115 Å². The van der Waals surface area contributed by atoms with E-state index >= 15 is 0 Å². The smallest absolute Gasteiger partial charge is 0.338 e. The van der Waals surface area contributed by atoms with Crippen molar-refractivity contribution in [3.63, 3.8) is 0 Å². The summed E-state index contributed by atoms with van der Waals surface area (Å²) in [6.07, 6.45) is 2.29. The summed E-state index contributed by atoms with van der Waals surface area (Å²) in [5, 5.41) is 0. The van der Waals surface area contributed by atoms with Gasteiger partial charge in [0.25, 0.3) is 0 Å². The number of hydrogen-bond donors (Lipinski definition) is 0. The average Bonchev–Trinajstić information content (AvgIpc) is 2.87. The van der Waals surface area contributed by atoms with Crippen LogP contribution in [0.4, 0.5) is 0 Å². The van der Waals surface area contributed by atoms with Crippen LogP contribution in [0.5, 0.6) is 0 Å². The Bertz CT molecular complexity index is 481. The molecular weight excluding hydrogens is 236 g/mol. The van der Waals surface area contributed by atoms with Crippen molar-refractivity contribution in [2.45, 2.75) is 27.7 Å². The molecule has 19 heavy (non-hydrogen) atoms. The molecule has 1 aliphatic carbocycles. The predicted octanol–water partition coefficient (Wildman–Crippen LogP) is 4.08. The summed E-state index contributed by atoms with van der Waals surface area (Å²) < 4.78 is 5.43. The lowest BCUT2D eigenvalue weighted by atomic mass is 10.1. The largest absolute Gasteiger partial charge is 0.462 e. The van der Waals surface area contributed by atoms with Crippen LogP contribution in [0.2, 0.25) is 0 Å². The van der Waals surface area contributed by atoms with Gasteiger partial charge in [0.05, 0.1) is 12.2 Å². The van der Waals surface area contributed by atoms with Gasteiger partial charge in [-0.25, -0.2) is 4.79 Å². The first-order chi connectivity index (χ1) is 8.93. The minimum absolute atomic E-state index is 0.223. The number of carbonyl (C=O) groups excluding carboxylic acids is 1. The van der Waals surface area contributed by atoms with Gasteiger partial charge >= 0.3 is 5.97 Å². The Morgan fingerprint density at radius 3 is 2.47 bits per heavy atom. The van der Waals surface area contributed by atoms with Crippen molar-refractivity contribution in [2.75, 3.05) is 6.61 Å². The van der Waals surface area contributed by atoms with Crippen molar-refractivity contribution in [3.8, 4) is 0 Å². The quantitative estimate of drug-likeness (QED) is 0.601. The highest BCUT2D eigenvalue weighted by Crippen LogP contribution is 2.59. The summed E-state index contributed by atoms with van der Waals surface area (Å²) in [6.45, 7) is 9.20. The SMILES string of the molecule is CC(C)=C[C@H]1[C@H](COC(=O)c2ccccc2)C1(C)C. The molecule has 0 spiro atoms. The van der Waals surface area contributed by atoms with E-state index in [2.05, 4.69) is 33.8 Å². The third-order valence-electron chi connectivity index (χ3n) is 4.06. The maximum Gasteiger partial charge on any atom is 0.338 e. The minimum atomic E-state index is -0.223. The third-order valence-corrected chi connectivity index (χ3v) is 4.06. The Morgan fingerprint density at radius 2 is 1.89 bits per heavy atom. The lowest BCUT2D eigenvalue weighted by Gasteiger charge is -2.05. The zero-order valence-electron chi connectivity index (χ0n) is 12.1. The Balaban J connectivity index is 1.91. The van der Waals surface area contributed by atoms with Crippen LogP contribution in [0.15, 0.2) is 42.0 Å². The molecule has 2 heteroatoms. The molecule has 0 aliphatic heterocycles. The predicted molar refractivity (Wildman–Crippen MR) is 76.9 cm³/mol. The monoisotopic (exact) mass is 258 g/mol. The zero-order chi connectivity index (χ0) is 14.0. The van der Waals surface area contributed by atoms with Crippen molar-refractivity contribution >= 4 is 5.97 Å². The number of hydrogen-bond acceptors (Lipinski definition) is 2. The number of ether oxygens (including phenoxy) is 1. The molecular formula is C17H22O2. The van der Waals surface area contributed by atoms with Crippen molar-refractivity contribution in [3.05, 3.63) is 47.5 Å². The number of allylic oxidation sites excluding steroid dienone is 2. The highest BCUT2D eigenvalue weighted by atomic mass is 16.5. The molecule has 2 atom stereocenters. The van der Waals surface area contributed by atoms with E-state index in [9.17, 15) is 4.79 Å². The van der Waals surface area contributed by atoms with E-state index in [1.807, 2.05) is 18.2 Å². The average molecular weight is 258 g/mol. The highest BCUT2D eigenvalue weighted by Gasteiger charge is 2.56. The Hall–Kier alpha value is -1.57. The zero-order valence-corrected chi connectivity index (χ0v) is 12.1. The van der Waals surface area contributed by atoms with Crippen molar-refractivity contribution in [1.82, 2.24) is 0 Å². The first kappa shape index (κ1) is 13.9. The lowest BCUT2D eigenvalue weighted by Crippen LogP contribution is -2.09. The van der Waals surface area contributed by atoms with Gasteiger partial charge < -0.3 is 4.74 Å². The second-order valence-corrected chi connectivity index (χ2v) is 6.16. The van der Waals surface area contributed by atoms with E-state index in [-0.39, 0.29) is 11.4 Å². The van der Waals surface area contributed by atoms with Crippen LogP contribution in [0, 0.1) is 17.3 Å². The normalized spacial score (nSPS) is 23.6. The summed E-state index contributed by atoms with van der Waals surface area (Å²) in [7, 11) is 0. The van der Waals surface area contributed by atoms with Gasteiger partial charge in [0, 0.05) is 5.92 Å². The van der Waals surface area contributed by atoms with Crippen molar-refractivity contribution < 1.29 is 9.53 Å². The van der Waals surface area contributed by atoms with Crippen LogP contribution >= 0.6 is 0 Å². The van der Waals surface area contributed by atoms with Crippen molar-refractivity contribution in [1.29, 1.82) is 0 Å². The Kier molecular flexibility index (Phi) is 3.79. The summed E-state index contributed by atoms with van der Waals surface area (Å²) in [5.74, 6) is 0.746. The standard InChI is InChI=1S/C17H22O2/c1-12(2)10-14-15(17(14,3)4)11-19-16(18)13-8-6-5-7-9-13/h5-10,14-15H,11H2,1-4H3/t14-,15-/m0/s1. The van der Waals surface area contributed by atoms with E-state index in [1.165, 1.54) is 5.57 Å².